The lowest BCUT2D eigenvalue weighted by atomic mass is 9.96. The smallest absolute Gasteiger partial charge is 0.406 e. The highest BCUT2D eigenvalue weighted by molar-refractivity contribution is 5.89. The van der Waals surface area contributed by atoms with E-state index in [0.717, 1.165) is 0 Å². The maximum atomic E-state index is 12.9. The molecule has 2 amide bonds. The summed E-state index contributed by atoms with van der Waals surface area (Å²) in [4.78, 5) is 35.9. The first-order valence-electron chi connectivity index (χ1n) is 7.22. The summed E-state index contributed by atoms with van der Waals surface area (Å²) in [6.45, 7) is -3.67. The molecular weight excluding hydrogens is 362 g/mol. The number of carboxylic acid groups (broad SMARTS) is 1. The lowest BCUT2D eigenvalue weighted by Gasteiger charge is -2.22. The molecule has 1 unspecified atom stereocenters. The molecule has 0 aromatic heterocycles. The fourth-order valence-corrected chi connectivity index (χ4v) is 3.13. The first kappa shape index (κ1) is 19.3. The van der Waals surface area contributed by atoms with Gasteiger partial charge in [-0.1, -0.05) is 0 Å². The number of halogens is 6. The molecule has 142 valence electrons. The summed E-state index contributed by atoms with van der Waals surface area (Å²) in [6, 6.07) is 0. The molecule has 2 saturated heterocycles. The molecule has 0 radical (unpaired) electrons. The van der Waals surface area contributed by atoms with Crippen LogP contribution in [0.3, 0.4) is 0 Å². The number of alkyl halides is 6. The van der Waals surface area contributed by atoms with Crippen molar-refractivity contribution >= 4 is 17.8 Å². The summed E-state index contributed by atoms with van der Waals surface area (Å²) in [6.07, 6.45) is -10.0. The van der Waals surface area contributed by atoms with E-state index in [2.05, 4.69) is 0 Å². The van der Waals surface area contributed by atoms with Crippen molar-refractivity contribution in [2.45, 2.75) is 18.8 Å². The Labute approximate surface area is 137 Å². The molecule has 25 heavy (non-hydrogen) atoms. The number of carbonyl (C=O) groups is 3. The molecule has 0 saturated carbocycles. The van der Waals surface area contributed by atoms with Crippen molar-refractivity contribution in [2.24, 2.45) is 17.8 Å². The van der Waals surface area contributed by atoms with Crippen LogP contribution >= 0.6 is 0 Å². The van der Waals surface area contributed by atoms with Crippen LogP contribution in [-0.2, 0) is 14.4 Å². The Morgan fingerprint density at radius 2 is 1.68 bits per heavy atom. The maximum absolute atomic E-state index is 12.9. The Balaban J connectivity index is 2.06. The molecule has 6 nitrogen and oxygen atoms in total. The molecule has 2 aliphatic heterocycles. The lowest BCUT2D eigenvalue weighted by Crippen LogP contribution is -2.39. The van der Waals surface area contributed by atoms with Crippen LogP contribution in [0.2, 0.25) is 0 Å². The molecule has 12 heteroatoms. The lowest BCUT2D eigenvalue weighted by molar-refractivity contribution is -0.188. The average molecular weight is 376 g/mol. The molecule has 3 atom stereocenters. The molecule has 0 spiro atoms. The molecule has 0 aromatic carbocycles. The van der Waals surface area contributed by atoms with Gasteiger partial charge < -0.3 is 14.9 Å². The molecule has 2 heterocycles. The summed E-state index contributed by atoms with van der Waals surface area (Å²) in [5.74, 6) is -8.87. The van der Waals surface area contributed by atoms with Crippen LogP contribution < -0.4 is 0 Å². The van der Waals surface area contributed by atoms with E-state index in [-0.39, 0.29) is 0 Å². The molecule has 2 fully saturated rings. The minimum Gasteiger partial charge on any atom is -0.481 e. The summed E-state index contributed by atoms with van der Waals surface area (Å²) in [5, 5.41) is 8.90. The predicted molar refractivity (Wildman–Crippen MR) is 68.0 cm³/mol. The van der Waals surface area contributed by atoms with E-state index in [0.29, 0.717) is 9.80 Å². The van der Waals surface area contributed by atoms with Gasteiger partial charge in [-0.3, -0.25) is 14.4 Å². The second kappa shape index (κ2) is 6.37. The summed E-state index contributed by atoms with van der Waals surface area (Å²) < 4.78 is 75.8. The predicted octanol–water partition coefficient (Wildman–Crippen LogP) is 1.12. The van der Waals surface area contributed by atoms with Crippen LogP contribution in [0.25, 0.3) is 0 Å². The van der Waals surface area contributed by atoms with Gasteiger partial charge >= 0.3 is 18.3 Å². The first-order valence-corrected chi connectivity index (χ1v) is 7.22. The Kier molecular flexibility index (Phi) is 4.92. The van der Waals surface area contributed by atoms with E-state index in [1.165, 1.54) is 0 Å². The standard InChI is InChI=1S/C13H14F6N2O4/c14-12(15,16)5-21-2-6(1-9(21)22)10(23)20-3-7(11(24)25)8(4-20)13(17,18)19/h6-8H,1-5H2,(H,24,25)/t6?,7-,8-/m1/s1. The average Bonchev–Trinajstić information content (AvgIpc) is 3.01. The zero-order valence-corrected chi connectivity index (χ0v) is 12.6. The van der Waals surface area contributed by atoms with E-state index in [1.807, 2.05) is 0 Å². The van der Waals surface area contributed by atoms with Crippen molar-refractivity contribution in [2.75, 3.05) is 26.2 Å². The van der Waals surface area contributed by atoms with Gasteiger partial charge in [0.05, 0.1) is 17.8 Å². The van der Waals surface area contributed by atoms with Gasteiger partial charge in [0.2, 0.25) is 11.8 Å². The van der Waals surface area contributed by atoms with Gasteiger partial charge in [0.1, 0.15) is 6.54 Å². The monoisotopic (exact) mass is 376 g/mol. The Morgan fingerprint density at radius 3 is 2.12 bits per heavy atom. The van der Waals surface area contributed by atoms with Crippen LogP contribution in [0.15, 0.2) is 0 Å². The number of hydrogen-bond donors (Lipinski definition) is 1. The van der Waals surface area contributed by atoms with Crippen molar-refractivity contribution in [3.8, 4) is 0 Å². The van der Waals surface area contributed by atoms with Crippen molar-refractivity contribution in [3.63, 3.8) is 0 Å². The minimum absolute atomic E-state index is 0.425. The van der Waals surface area contributed by atoms with E-state index in [1.54, 1.807) is 0 Å². The number of carboxylic acids is 1. The topological polar surface area (TPSA) is 77.9 Å². The highest BCUT2D eigenvalue weighted by atomic mass is 19.4. The fourth-order valence-electron chi connectivity index (χ4n) is 3.13. The van der Waals surface area contributed by atoms with Crippen molar-refractivity contribution in [1.82, 2.24) is 9.80 Å². The van der Waals surface area contributed by atoms with Crippen molar-refractivity contribution < 1.29 is 45.8 Å². The van der Waals surface area contributed by atoms with Gasteiger partial charge in [-0.15, -0.1) is 0 Å². The zero-order valence-electron chi connectivity index (χ0n) is 12.6. The SMILES string of the molecule is O=C(O)[C@@H]1CN(C(=O)C2CC(=O)N(CC(F)(F)F)C2)C[C@H]1C(F)(F)F. The highest BCUT2D eigenvalue weighted by Crippen LogP contribution is 2.38. The molecule has 0 aromatic rings. The molecule has 2 rings (SSSR count). The fraction of sp³-hybridized carbons (Fsp3) is 0.769. The number of likely N-dealkylation sites (tertiary alicyclic amines) is 2. The van der Waals surface area contributed by atoms with Gasteiger partial charge in [-0.25, -0.2) is 0 Å². The van der Waals surface area contributed by atoms with Crippen molar-refractivity contribution in [3.05, 3.63) is 0 Å². The van der Waals surface area contributed by atoms with Gasteiger partial charge in [0, 0.05) is 26.1 Å². The highest BCUT2D eigenvalue weighted by Gasteiger charge is 2.54. The largest absolute Gasteiger partial charge is 0.481 e. The first-order chi connectivity index (χ1) is 11.3. The third kappa shape index (κ3) is 4.34. The molecule has 1 N–H and O–H groups in total. The Hall–Kier alpha value is -2.01. The minimum atomic E-state index is -4.83. The molecular formula is C13H14F6N2O4. The van der Waals surface area contributed by atoms with Gasteiger partial charge in [0.25, 0.3) is 0 Å². The van der Waals surface area contributed by atoms with Crippen LogP contribution in [-0.4, -0.2) is 71.2 Å². The van der Waals surface area contributed by atoms with Crippen LogP contribution in [0.4, 0.5) is 26.3 Å². The number of aliphatic carboxylic acids is 1. The maximum Gasteiger partial charge on any atom is 0.406 e. The number of amides is 2. The second-order valence-corrected chi connectivity index (χ2v) is 6.13. The van der Waals surface area contributed by atoms with E-state index >= 15 is 0 Å². The summed E-state index contributed by atoms with van der Waals surface area (Å²) >= 11 is 0. The van der Waals surface area contributed by atoms with Crippen molar-refractivity contribution in [1.29, 1.82) is 0 Å². The quantitative estimate of drug-likeness (QED) is 0.749. The normalized spacial score (nSPS) is 27.9. The number of carbonyl (C=O) groups excluding carboxylic acids is 2. The second-order valence-electron chi connectivity index (χ2n) is 6.13. The van der Waals surface area contributed by atoms with E-state index in [9.17, 15) is 40.7 Å². The third-order valence-corrected chi connectivity index (χ3v) is 4.30. The van der Waals surface area contributed by atoms with Gasteiger partial charge in [-0.05, 0) is 0 Å². The third-order valence-electron chi connectivity index (χ3n) is 4.30. The van der Waals surface area contributed by atoms with E-state index in [4.69, 9.17) is 5.11 Å². The Morgan fingerprint density at radius 1 is 1.08 bits per heavy atom. The van der Waals surface area contributed by atoms with Gasteiger partial charge in [0.15, 0.2) is 0 Å². The van der Waals surface area contributed by atoms with Crippen LogP contribution in [0.5, 0.6) is 0 Å². The molecule has 0 bridgehead atoms. The zero-order chi connectivity index (χ0) is 19.2. The number of rotatable bonds is 3. The van der Waals surface area contributed by atoms with E-state index < -0.39 is 80.5 Å². The summed E-state index contributed by atoms with van der Waals surface area (Å²) in [5.41, 5.74) is 0. The van der Waals surface area contributed by atoms with Crippen LogP contribution in [0, 0.1) is 17.8 Å². The Bertz CT molecular complexity index is 576. The summed E-state index contributed by atoms with van der Waals surface area (Å²) in [7, 11) is 0. The van der Waals surface area contributed by atoms with Crippen LogP contribution in [0.1, 0.15) is 6.42 Å². The van der Waals surface area contributed by atoms with Gasteiger partial charge in [-0.2, -0.15) is 26.3 Å². The number of hydrogen-bond acceptors (Lipinski definition) is 3. The molecule has 0 aliphatic carbocycles. The molecule has 2 aliphatic rings. The number of nitrogens with zero attached hydrogens (tertiary/aromatic N) is 2.